The Morgan fingerprint density at radius 3 is 2.29 bits per heavy atom. The van der Waals surface area contributed by atoms with E-state index in [-0.39, 0.29) is 0 Å². The average Bonchev–Trinajstić information content (AvgIpc) is 2.69. The van der Waals surface area contributed by atoms with Gasteiger partial charge < -0.3 is 14.5 Å². The number of carbonyl (C=O) groups is 1. The lowest BCUT2D eigenvalue weighted by Gasteiger charge is -2.49. The van der Waals surface area contributed by atoms with E-state index < -0.39 is 0 Å². The summed E-state index contributed by atoms with van der Waals surface area (Å²) in [5.74, 6) is 0.783. The number of carbonyl (C=O) groups excluding carboxylic acids is 1. The Hall–Kier alpha value is -2.05. The van der Waals surface area contributed by atoms with Crippen LogP contribution in [0.15, 0.2) is 40.9 Å². The van der Waals surface area contributed by atoms with E-state index in [4.69, 9.17) is 4.74 Å². The molecule has 2 aliphatic heterocycles. The molecule has 28 heavy (non-hydrogen) atoms. The highest BCUT2D eigenvalue weighted by Crippen LogP contribution is 2.32. The molecule has 2 heterocycles. The van der Waals surface area contributed by atoms with Gasteiger partial charge in [-0.2, -0.15) is 0 Å². The lowest BCUT2D eigenvalue weighted by atomic mass is 10.0. The second-order valence-corrected chi connectivity index (χ2v) is 8.45. The summed E-state index contributed by atoms with van der Waals surface area (Å²) in [4.78, 5) is 18.8. The van der Waals surface area contributed by atoms with Crippen LogP contribution in [0.4, 0.5) is 11.4 Å². The molecule has 0 unspecified atom stereocenters. The Kier molecular flexibility index (Phi) is 5.60. The molecule has 6 heteroatoms. The minimum Gasteiger partial charge on any atom is -0.496 e. The van der Waals surface area contributed by atoms with Gasteiger partial charge in [-0.1, -0.05) is 15.9 Å². The topological polar surface area (TPSA) is 36.0 Å². The number of nitrogens with zero attached hydrogens (tertiary/aromatic N) is 3. The summed E-state index contributed by atoms with van der Waals surface area (Å²) in [6.45, 7) is 8.23. The largest absolute Gasteiger partial charge is 0.496 e. The minimum atomic E-state index is 0.582. The van der Waals surface area contributed by atoms with Crippen LogP contribution in [-0.2, 0) is 0 Å². The third kappa shape index (κ3) is 3.76. The molecule has 0 radical (unpaired) electrons. The molecule has 4 rings (SSSR count). The predicted molar refractivity (Wildman–Crippen MR) is 117 cm³/mol. The molecule has 0 aliphatic carbocycles. The van der Waals surface area contributed by atoms with Crippen molar-refractivity contribution in [2.45, 2.75) is 13.0 Å². The van der Waals surface area contributed by atoms with Gasteiger partial charge >= 0.3 is 0 Å². The maximum Gasteiger partial charge on any atom is 0.150 e. The first kappa shape index (κ1) is 19.3. The number of benzene rings is 2. The number of piperazine rings is 1. The van der Waals surface area contributed by atoms with Crippen molar-refractivity contribution in [1.82, 2.24) is 4.90 Å². The molecular weight excluding hydrogens is 418 g/mol. The van der Waals surface area contributed by atoms with Crippen LogP contribution >= 0.6 is 15.9 Å². The smallest absolute Gasteiger partial charge is 0.150 e. The monoisotopic (exact) mass is 443 g/mol. The molecule has 0 bridgehead atoms. The van der Waals surface area contributed by atoms with Gasteiger partial charge in [0, 0.05) is 78.4 Å². The van der Waals surface area contributed by atoms with Crippen molar-refractivity contribution in [2.24, 2.45) is 0 Å². The maximum atomic E-state index is 11.4. The Balaban J connectivity index is 1.34. The number of ether oxygens (including phenoxy) is 1. The summed E-state index contributed by atoms with van der Waals surface area (Å²) in [7, 11) is 1.66. The standard InChI is InChI=1S/C22H26BrN3O2/c1-16-17(15-27)11-20(12-22(16)28-2)26-13-21(14-26)25-9-7-24(8-10-25)19-5-3-18(23)4-6-19/h3-6,11-12,15,21H,7-10,13-14H2,1-2H3. The van der Waals surface area contributed by atoms with Crippen LogP contribution in [0.1, 0.15) is 15.9 Å². The average molecular weight is 444 g/mol. The molecule has 2 aliphatic rings. The van der Waals surface area contributed by atoms with E-state index in [2.05, 4.69) is 54.9 Å². The highest BCUT2D eigenvalue weighted by Gasteiger charge is 2.34. The first-order valence-corrected chi connectivity index (χ1v) is 10.5. The highest BCUT2D eigenvalue weighted by molar-refractivity contribution is 9.10. The van der Waals surface area contributed by atoms with E-state index in [1.807, 2.05) is 19.1 Å². The first-order chi connectivity index (χ1) is 13.6. The summed E-state index contributed by atoms with van der Waals surface area (Å²) < 4.78 is 6.57. The van der Waals surface area contributed by atoms with Crippen molar-refractivity contribution in [2.75, 3.05) is 56.2 Å². The normalized spacial score (nSPS) is 18.1. The van der Waals surface area contributed by atoms with Crippen LogP contribution in [0.2, 0.25) is 0 Å². The van der Waals surface area contributed by atoms with Gasteiger partial charge in [0.15, 0.2) is 6.29 Å². The molecule has 2 saturated heterocycles. The molecule has 0 atom stereocenters. The van der Waals surface area contributed by atoms with Crippen molar-refractivity contribution in [3.63, 3.8) is 0 Å². The van der Waals surface area contributed by atoms with Crippen LogP contribution in [0.25, 0.3) is 0 Å². The molecule has 0 spiro atoms. The fourth-order valence-corrected chi connectivity index (χ4v) is 4.37. The molecule has 0 saturated carbocycles. The third-order valence-corrected chi connectivity index (χ3v) is 6.51. The number of hydrogen-bond donors (Lipinski definition) is 0. The van der Waals surface area contributed by atoms with E-state index in [1.165, 1.54) is 5.69 Å². The van der Waals surface area contributed by atoms with Gasteiger partial charge in [-0.3, -0.25) is 9.69 Å². The fraction of sp³-hybridized carbons (Fsp3) is 0.409. The summed E-state index contributed by atoms with van der Waals surface area (Å²) in [6, 6.07) is 13.2. The van der Waals surface area contributed by atoms with Crippen molar-refractivity contribution in [3.05, 3.63) is 52.0 Å². The van der Waals surface area contributed by atoms with Gasteiger partial charge in [0.2, 0.25) is 0 Å². The SMILES string of the molecule is COc1cc(N2CC(N3CCN(c4ccc(Br)cc4)CC3)C2)cc(C=O)c1C. The van der Waals surface area contributed by atoms with Gasteiger partial charge in [0.05, 0.1) is 7.11 Å². The van der Waals surface area contributed by atoms with Crippen molar-refractivity contribution < 1.29 is 9.53 Å². The molecule has 0 amide bonds. The number of rotatable bonds is 5. The predicted octanol–water partition coefficient (Wildman–Crippen LogP) is 3.59. The van der Waals surface area contributed by atoms with Crippen LogP contribution in [-0.4, -0.2) is 63.6 Å². The Bertz CT molecular complexity index is 842. The van der Waals surface area contributed by atoms with E-state index in [0.717, 1.165) is 67.0 Å². The zero-order chi connectivity index (χ0) is 19.7. The molecule has 2 aromatic carbocycles. The van der Waals surface area contributed by atoms with Crippen LogP contribution in [0.5, 0.6) is 5.75 Å². The lowest BCUT2D eigenvalue weighted by molar-refractivity contribution is 0.112. The van der Waals surface area contributed by atoms with Crippen molar-refractivity contribution in [1.29, 1.82) is 0 Å². The summed E-state index contributed by atoms with van der Waals surface area (Å²) in [5, 5.41) is 0. The fourth-order valence-electron chi connectivity index (χ4n) is 4.11. The van der Waals surface area contributed by atoms with E-state index in [1.54, 1.807) is 7.11 Å². The van der Waals surface area contributed by atoms with Crippen molar-refractivity contribution in [3.8, 4) is 5.75 Å². The number of anilines is 2. The zero-order valence-electron chi connectivity index (χ0n) is 16.4. The van der Waals surface area contributed by atoms with Gasteiger partial charge in [0.25, 0.3) is 0 Å². The summed E-state index contributed by atoms with van der Waals surface area (Å²) in [5.41, 5.74) is 3.99. The van der Waals surface area contributed by atoms with E-state index in [9.17, 15) is 4.79 Å². The molecule has 148 valence electrons. The molecule has 0 aromatic heterocycles. The minimum absolute atomic E-state index is 0.582. The second kappa shape index (κ2) is 8.13. The number of hydrogen-bond acceptors (Lipinski definition) is 5. The van der Waals surface area contributed by atoms with Gasteiger partial charge in [-0.25, -0.2) is 0 Å². The molecule has 2 fully saturated rings. The zero-order valence-corrected chi connectivity index (χ0v) is 18.0. The van der Waals surface area contributed by atoms with Crippen LogP contribution in [0.3, 0.4) is 0 Å². The lowest BCUT2D eigenvalue weighted by Crippen LogP contribution is -2.63. The van der Waals surface area contributed by atoms with Crippen LogP contribution in [0, 0.1) is 6.92 Å². The highest BCUT2D eigenvalue weighted by atomic mass is 79.9. The molecule has 2 aromatic rings. The van der Waals surface area contributed by atoms with E-state index >= 15 is 0 Å². The number of methoxy groups -OCH3 is 1. The van der Waals surface area contributed by atoms with Crippen LogP contribution < -0.4 is 14.5 Å². The van der Waals surface area contributed by atoms with E-state index in [0.29, 0.717) is 11.6 Å². The Morgan fingerprint density at radius 2 is 1.68 bits per heavy atom. The van der Waals surface area contributed by atoms with Gasteiger partial charge in [0.1, 0.15) is 5.75 Å². The molecular formula is C22H26BrN3O2. The van der Waals surface area contributed by atoms with Crippen molar-refractivity contribution >= 4 is 33.6 Å². The summed E-state index contributed by atoms with van der Waals surface area (Å²) >= 11 is 3.50. The van der Waals surface area contributed by atoms with Gasteiger partial charge in [-0.05, 0) is 37.3 Å². The quantitative estimate of drug-likeness (QED) is 0.659. The maximum absolute atomic E-state index is 11.4. The molecule has 5 nitrogen and oxygen atoms in total. The van der Waals surface area contributed by atoms with Gasteiger partial charge in [-0.15, -0.1) is 0 Å². The first-order valence-electron chi connectivity index (χ1n) is 9.72. The molecule has 0 N–H and O–H groups in total. The number of aldehydes is 1. The summed E-state index contributed by atoms with van der Waals surface area (Å²) in [6.07, 6.45) is 0.917. The third-order valence-electron chi connectivity index (χ3n) is 5.98. The Labute approximate surface area is 175 Å². The second-order valence-electron chi connectivity index (χ2n) is 7.54. The number of halogens is 1. The Morgan fingerprint density at radius 1 is 1.00 bits per heavy atom.